The number of furan rings is 2. The highest BCUT2D eigenvalue weighted by Gasteiger charge is 2.19. The summed E-state index contributed by atoms with van der Waals surface area (Å²) in [7, 11) is -3.88. The van der Waals surface area contributed by atoms with Crippen molar-refractivity contribution in [3.05, 3.63) is 79.0 Å². The maximum atomic E-state index is 12.6. The van der Waals surface area contributed by atoms with Crippen molar-refractivity contribution in [2.75, 3.05) is 15.8 Å². The zero-order valence-electron chi connectivity index (χ0n) is 19.3. The maximum absolute atomic E-state index is 12.6. The van der Waals surface area contributed by atoms with Gasteiger partial charge in [0.2, 0.25) is 11.9 Å². The molecule has 0 saturated carbocycles. The zero-order valence-corrected chi connectivity index (χ0v) is 21.0. The molecule has 13 heteroatoms. The first-order valence-corrected chi connectivity index (χ1v) is 13.4. The fourth-order valence-corrected chi connectivity index (χ4v) is 4.96. The first-order chi connectivity index (χ1) is 17.9. The first-order valence-electron chi connectivity index (χ1n) is 10.9. The molecule has 1 aromatic carbocycles. The van der Waals surface area contributed by atoms with Crippen molar-refractivity contribution in [3.8, 4) is 22.9 Å². The summed E-state index contributed by atoms with van der Waals surface area (Å²) in [4.78, 5) is 28.2. The second kappa shape index (κ2) is 10.3. The number of aromatic nitrogens is 4. The van der Waals surface area contributed by atoms with Gasteiger partial charge < -0.3 is 19.1 Å². The summed E-state index contributed by atoms with van der Waals surface area (Å²) in [5, 5.41) is 3.26. The number of sulfonamides is 1. The summed E-state index contributed by atoms with van der Waals surface area (Å²) in [5.74, 6) is 0.918. The average molecular weight is 537 g/mol. The van der Waals surface area contributed by atoms with E-state index in [-0.39, 0.29) is 22.5 Å². The number of rotatable bonds is 9. The van der Waals surface area contributed by atoms with Gasteiger partial charge in [-0.05, 0) is 61.5 Å². The van der Waals surface area contributed by atoms with Crippen LogP contribution in [-0.4, -0.2) is 40.0 Å². The maximum Gasteiger partial charge on any atom is 0.264 e. The summed E-state index contributed by atoms with van der Waals surface area (Å²) in [6.07, 6.45) is 4.58. The van der Waals surface area contributed by atoms with E-state index in [0.717, 1.165) is 0 Å². The first kappa shape index (κ1) is 24.3. The quantitative estimate of drug-likeness (QED) is 0.230. The number of aromatic amines is 1. The van der Waals surface area contributed by atoms with E-state index in [9.17, 15) is 13.2 Å². The minimum absolute atomic E-state index is 0.0106. The molecule has 1 amide bonds. The minimum Gasteiger partial charge on any atom is -0.463 e. The number of nitrogens with zero attached hydrogens (tertiary/aromatic N) is 3. The molecule has 0 aliphatic heterocycles. The molecule has 0 bridgehead atoms. The van der Waals surface area contributed by atoms with E-state index in [4.69, 9.17) is 8.83 Å². The number of amides is 1. The molecule has 0 aliphatic carbocycles. The number of hydrogen-bond acceptors (Lipinski definition) is 9. The van der Waals surface area contributed by atoms with Crippen LogP contribution in [0.1, 0.15) is 5.69 Å². The Hall–Kier alpha value is -4.36. The molecule has 0 atom stereocenters. The lowest BCUT2D eigenvalue weighted by molar-refractivity contribution is -0.113. The predicted octanol–water partition coefficient (Wildman–Crippen LogP) is 4.56. The molecule has 11 nitrogen and oxygen atoms in total. The second-order valence-electron chi connectivity index (χ2n) is 7.71. The van der Waals surface area contributed by atoms with Crippen LogP contribution in [0.5, 0.6) is 0 Å². The van der Waals surface area contributed by atoms with E-state index < -0.39 is 10.0 Å². The van der Waals surface area contributed by atoms with E-state index in [1.165, 1.54) is 42.2 Å². The SMILES string of the molecule is Cc1ccnc(NS(=O)(=O)c2ccc(NC(=O)CSc3nc(-c4ccco4)c(-c4ccco4)[nH]3)cc2)n1. The van der Waals surface area contributed by atoms with Crippen molar-refractivity contribution in [2.24, 2.45) is 0 Å². The van der Waals surface area contributed by atoms with Gasteiger partial charge in [-0.1, -0.05) is 11.8 Å². The number of thioether (sulfide) groups is 1. The summed E-state index contributed by atoms with van der Waals surface area (Å²) >= 11 is 1.21. The molecule has 4 heterocycles. The number of hydrogen-bond donors (Lipinski definition) is 3. The molecule has 0 aliphatic rings. The van der Waals surface area contributed by atoms with Gasteiger partial charge in [0.1, 0.15) is 11.4 Å². The van der Waals surface area contributed by atoms with Crippen molar-refractivity contribution in [1.29, 1.82) is 0 Å². The van der Waals surface area contributed by atoms with Crippen LogP contribution >= 0.6 is 11.8 Å². The monoisotopic (exact) mass is 536 g/mol. The highest BCUT2D eigenvalue weighted by atomic mass is 32.2. The fourth-order valence-electron chi connectivity index (χ4n) is 3.34. The molecule has 0 radical (unpaired) electrons. The third kappa shape index (κ3) is 5.73. The number of carbonyl (C=O) groups is 1. The fraction of sp³-hybridized carbons (Fsp3) is 0.0833. The molecule has 188 valence electrons. The van der Waals surface area contributed by atoms with Gasteiger partial charge in [0.25, 0.3) is 10.0 Å². The summed E-state index contributed by atoms with van der Waals surface area (Å²) in [6.45, 7) is 1.73. The van der Waals surface area contributed by atoms with Crippen molar-refractivity contribution in [1.82, 2.24) is 19.9 Å². The largest absolute Gasteiger partial charge is 0.463 e. The Morgan fingerprint density at radius 1 is 1.00 bits per heavy atom. The molecule has 5 rings (SSSR count). The Kier molecular flexibility index (Phi) is 6.79. The van der Waals surface area contributed by atoms with Gasteiger partial charge in [0, 0.05) is 17.6 Å². The molecule has 4 aromatic heterocycles. The van der Waals surface area contributed by atoms with Gasteiger partial charge >= 0.3 is 0 Å². The van der Waals surface area contributed by atoms with Crippen LogP contribution in [0.4, 0.5) is 11.6 Å². The number of carbonyl (C=O) groups excluding carboxylic acids is 1. The number of aryl methyl sites for hydroxylation is 1. The highest BCUT2D eigenvalue weighted by Crippen LogP contribution is 2.33. The molecule has 0 unspecified atom stereocenters. The lowest BCUT2D eigenvalue weighted by atomic mass is 10.2. The van der Waals surface area contributed by atoms with Crippen LogP contribution in [0.2, 0.25) is 0 Å². The van der Waals surface area contributed by atoms with Crippen LogP contribution in [0, 0.1) is 6.92 Å². The lowest BCUT2D eigenvalue weighted by Gasteiger charge is -2.08. The number of benzene rings is 1. The molecule has 0 saturated heterocycles. The summed E-state index contributed by atoms with van der Waals surface area (Å²) < 4.78 is 38.5. The Labute approximate surface area is 215 Å². The van der Waals surface area contributed by atoms with Crippen LogP contribution < -0.4 is 10.0 Å². The summed E-state index contributed by atoms with van der Waals surface area (Å²) in [6, 6.07) is 14.6. The second-order valence-corrected chi connectivity index (χ2v) is 10.4. The van der Waals surface area contributed by atoms with Crippen LogP contribution in [0.25, 0.3) is 22.9 Å². The number of imidazole rings is 1. The topological polar surface area (TPSA) is 156 Å². The minimum atomic E-state index is -3.88. The average Bonchev–Trinajstić information content (AvgIpc) is 3.64. The number of H-pyrrole nitrogens is 1. The van der Waals surface area contributed by atoms with Crippen molar-refractivity contribution < 1.29 is 22.0 Å². The van der Waals surface area contributed by atoms with Gasteiger partial charge in [-0.25, -0.2) is 28.1 Å². The molecule has 0 fully saturated rings. The normalized spacial score (nSPS) is 11.4. The Morgan fingerprint density at radius 2 is 1.73 bits per heavy atom. The third-order valence-corrected chi connectivity index (χ3v) is 7.23. The molecule has 0 spiro atoms. The Morgan fingerprint density at radius 3 is 2.41 bits per heavy atom. The van der Waals surface area contributed by atoms with E-state index in [0.29, 0.717) is 39.4 Å². The number of nitrogens with one attached hydrogen (secondary N) is 3. The van der Waals surface area contributed by atoms with Crippen LogP contribution in [0.3, 0.4) is 0 Å². The molecular formula is C24H20N6O5S2. The third-order valence-electron chi connectivity index (χ3n) is 5.01. The highest BCUT2D eigenvalue weighted by molar-refractivity contribution is 7.99. The Bertz CT molecular complexity index is 1560. The van der Waals surface area contributed by atoms with Gasteiger partial charge in [-0.3, -0.25) is 4.79 Å². The van der Waals surface area contributed by atoms with Gasteiger partial charge in [-0.2, -0.15) is 0 Å². The van der Waals surface area contributed by atoms with Crippen molar-refractivity contribution in [3.63, 3.8) is 0 Å². The van der Waals surface area contributed by atoms with Gasteiger partial charge in [0.05, 0.1) is 23.2 Å². The molecule has 5 aromatic rings. The standard InChI is InChI=1S/C24H20N6O5S2/c1-15-10-11-25-23(26-15)30-37(32,33)17-8-6-16(7-9-17)27-20(31)14-36-24-28-21(18-4-2-12-34-18)22(29-24)19-5-3-13-35-19/h2-13H,14H2,1H3,(H,27,31)(H,28,29)(H,25,26,30). The van der Waals surface area contributed by atoms with Crippen LogP contribution in [0.15, 0.2) is 92.2 Å². The van der Waals surface area contributed by atoms with Crippen molar-refractivity contribution in [2.45, 2.75) is 17.0 Å². The summed E-state index contributed by atoms with van der Waals surface area (Å²) in [5.41, 5.74) is 2.30. The lowest BCUT2D eigenvalue weighted by Crippen LogP contribution is -2.16. The van der Waals surface area contributed by atoms with Crippen LogP contribution in [-0.2, 0) is 14.8 Å². The van der Waals surface area contributed by atoms with E-state index >= 15 is 0 Å². The van der Waals surface area contributed by atoms with Crippen molar-refractivity contribution >= 4 is 39.3 Å². The van der Waals surface area contributed by atoms with E-state index in [2.05, 4.69) is 30.0 Å². The zero-order chi connectivity index (χ0) is 25.8. The molecule has 3 N–H and O–H groups in total. The van der Waals surface area contributed by atoms with E-state index in [1.807, 2.05) is 0 Å². The predicted molar refractivity (Wildman–Crippen MR) is 137 cm³/mol. The molecular weight excluding hydrogens is 516 g/mol. The van der Waals surface area contributed by atoms with Gasteiger partial charge in [-0.15, -0.1) is 0 Å². The smallest absolute Gasteiger partial charge is 0.264 e. The Balaban J connectivity index is 1.22. The molecule has 37 heavy (non-hydrogen) atoms. The van der Waals surface area contributed by atoms with Gasteiger partial charge in [0.15, 0.2) is 16.7 Å². The van der Waals surface area contributed by atoms with E-state index in [1.54, 1.807) is 49.8 Å². The number of anilines is 2.